The predicted molar refractivity (Wildman–Crippen MR) is 130 cm³/mol. The first-order valence-corrected chi connectivity index (χ1v) is 11.1. The lowest BCUT2D eigenvalue weighted by atomic mass is 10.0. The Bertz CT molecular complexity index is 429. The summed E-state index contributed by atoms with van der Waals surface area (Å²) in [6.45, 7) is 15.2. The van der Waals surface area contributed by atoms with Crippen LogP contribution in [0.3, 0.4) is 0 Å². The normalized spacial score (nSPS) is 23.3. The van der Waals surface area contributed by atoms with Gasteiger partial charge in [-0.3, -0.25) is 9.89 Å². The number of nitrogens with one attached hydrogen (secondary N) is 2. The summed E-state index contributed by atoms with van der Waals surface area (Å²) < 4.78 is 5.50. The molecule has 0 spiro atoms. The number of morpholine rings is 1. The summed E-state index contributed by atoms with van der Waals surface area (Å²) in [5.74, 6) is 1.54. The van der Waals surface area contributed by atoms with Crippen LogP contribution in [0.15, 0.2) is 4.99 Å². The molecule has 0 aromatic rings. The highest BCUT2D eigenvalue weighted by atomic mass is 127. The fourth-order valence-electron chi connectivity index (χ4n) is 4.25. The lowest BCUT2D eigenvalue weighted by Crippen LogP contribution is -2.52. The van der Waals surface area contributed by atoms with Gasteiger partial charge in [0.25, 0.3) is 0 Å². The Labute approximate surface area is 190 Å². The molecule has 0 aromatic carbocycles. The molecule has 2 saturated heterocycles. The second-order valence-corrected chi connectivity index (χ2v) is 8.43. The number of nitrogens with zero attached hydrogens (tertiary/aromatic N) is 3. The zero-order valence-corrected chi connectivity index (χ0v) is 20.9. The zero-order chi connectivity index (χ0) is 19.5. The van der Waals surface area contributed by atoms with E-state index in [1.807, 2.05) is 7.05 Å². The minimum Gasteiger partial charge on any atom is -0.379 e. The molecule has 6 nitrogen and oxygen atoms in total. The summed E-state index contributed by atoms with van der Waals surface area (Å²) in [7, 11) is 1.86. The van der Waals surface area contributed by atoms with E-state index in [0.29, 0.717) is 12.0 Å². The number of piperidine rings is 1. The van der Waals surface area contributed by atoms with Crippen molar-refractivity contribution in [3.63, 3.8) is 0 Å². The first-order chi connectivity index (χ1) is 13.1. The molecule has 0 saturated carbocycles. The van der Waals surface area contributed by atoms with Gasteiger partial charge in [0.1, 0.15) is 0 Å². The molecule has 0 bridgehead atoms. The van der Waals surface area contributed by atoms with Crippen LogP contribution in [-0.2, 0) is 4.74 Å². The number of halogens is 1. The van der Waals surface area contributed by atoms with E-state index >= 15 is 0 Å². The van der Waals surface area contributed by atoms with Crippen molar-refractivity contribution in [1.82, 2.24) is 20.4 Å². The molecule has 2 unspecified atom stereocenters. The second kappa shape index (κ2) is 14.8. The van der Waals surface area contributed by atoms with Crippen LogP contribution in [0.5, 0.6) is 0 Å². The Morgan fingerprint density at radius 2 is 1.86 bits per heavy atom. The van der Waals surface area contributed by atoms with Crippen molar-refractivity contribution < 1.29 is 4.74 Å². The van der Waals surface area contributed by atoms with Crippen molar-refractivity contribution in [3.8, 4) is 0 Å². The van der Waals surface area contributed by atoms with Gasteiger partial charge in [-0.2, -0.15) is 0 Å². The van der Waals surface area contributed by atoms with E-state index in [-0.39, 0.29) is 24.0 Å². The molecule has 2 fully saturated rings. The molecule has 2 atom stereocenters. The number of hydrogen-bond acceptors (Lipinski definition) is 4. The minimum atomic E-state index is 0. The quantitative estimate of drug-likeness (QED) is 0.217. The number of unbranched alkanes of at least 4 members (excludes halogenated alkanes) is 1. The molecule has 7 heteroatoms. The maximum absolute atomic E-state index is 5.50. The van der Waals surface area contributed by atoms with Crippen molar-refractivity contribution >= 4 is 29.9 Å². The highest BCUT2D eigenvalue weighted by molar-refractivity contribution is 14.0. The van der Waals surface area contributed by atoms with Gasteiger partial charge in [-0.05, 0) is 51.6 Å². The highest BCUT2D eigenvalue weighted by Crippen LogP contribution is 2.16. The third-order valence-electron chi connectivity index (χ3n) is 6.09. The van der Waals surface area contributed by atoms with Gasteiger partial charge < -0.3 is 20.3 Å². The third kappa shape index (κ3) is 9.13. The summed E-state index contributed by atoms with van der Waals surface area (Å²) in [5.41, 5.74) is 0. The van der Waals surface area contributed by atoms with Gasteiger partial charge in [-0.25, -0.2) is 0 Å². The number of rotatable bonds is 9. The Balaban J connectivity index is 0.00000392. The second-order valence-electron chi connectivity index (χ2n) is 8.43. The van der Waals surface area contributed by atoms with E-state index in [2.05, 4.69) is 46.2 Å². The molecule has 2 aliphatic rings. The fourth-order valence-corrected chi connectivity index (χ4v) is 4.25. The standard InChI is InChI=1S/C21H43N5O.HI/c1-18(2)20(26-13-15-27-16-14-26)17-24-21(22-4)23-10-6-8-12-25-11-7-5-9-19(25)3;/h18-20H,5-17H2,1-4H3,(H2,22,23,24);1H. The van der Waals surface area contributed by atoms with E-state index in [1.165, 1.54) is 45.2 Å². The molecular formula is C21H44IN5O. The van der Waals surface area contributed by atoms with Crippen molar-refractivity contribution in [2.45, 2.75) is 65.0 Å². The number of guanidine groups is 1. The van der Waals surface area contributed by atoms with Gasteiger partial charge in [0, 0.05) is 45.3 Å². The van der Waals surface area contributed by atoms with E-state index in [4.69, 9.17) is 4.74 Å². The summed E-state index contributed by atoms with van der Waals surface area (Å²) >= 11 is 0. The lowest BCUT2D eigenvalue weighted by molar-refractivity contribution is 0.00752. The number of likely N-dealkylation sites (tertiary alicyclic amines) is 1. The van der Waals surface area contributed by atoms with E-state index in [9.17, 15) is 0 Å². The molecule has 166 valence electrons. The van der Waals surface area contributed by atoms with Crippen LogP contribution in [0, 0.1) is 5.92 Å². The van der Waals surface area contributed by atoms with Crippen molar-refractivity contribution in [2.75, 3.05) is 59.5 Å². The molecule has 0 radical (unpaired) electrons. The van der Waals surface area contributed by atoms with E-state index in [1.54, 1.807) is 0 Å². The van der Waals surface area contributed by atoms with Crippen LogP contribution in [0.4, 0.5) is 0 Å². The van der Waals surface area contributed by atoms with Gasteiger partial charge in [0.05, 0.1) is 13.2 Å². The highest BCUT2D eigenvalue weighted by Gasteiger charge is 2.23. The number of ether oxygens (including phenoxy) is 1. The van der Waals surface area contributed by atoms with Crippen LogP contribution in [0.1, 0.15) is 52.9 Å². The Morgan fingerprint density at radius 3 is 2.50 bits per heavy atom. The molecule has 28 heavy (non-hydrogen) atoms. The maximum Gasteiger partial charge on any atom is 0.191 e. The van der Waals surface area contributed by atoms with Crippen LogP contribution < -0.4 is 10.6 Å². The first-order valence-electron chi connectivity index (χ1n) is 11.1. The average Bonchev–Trinajstić information content (AvgIpc) is 2.68. The summed E-state index contributed by atoms with van der Waals surface area (Å²) in [6.07, 6.45) is 6.61. The zero-order valence-electron chi connectivity index (χ0n) is 18.6. The van der Waals surface area contributed by atoms with Crippen LogP contribution in [0.2, 0.25) is 0 Å². The predicted octanol–water partition coefficient (Wildman–Crippen LogP) is 2.78. The molecule has 2 aliphatic heterocycles. The largest absolute Gasteiger partial charge is 0.379 e. The van der Waals surface area contributed by atoms with Gasteiger partial charge in [-0.15, -0.1) is 24.0 Å². The summed E-state index contributed by atoms with van der Waals surface area (Å²) in [4.78, 5) is 9.61. The van der Waals surface area contributed by atoms with Gasteiger partial charge in [0.2, 0.25) is 0 Å². The Kier molecular flexibility index (Phi) is 13.7. The summed E-state index contributed by atoms with van der Waals surface area (Å²) in [6, 6.07) is 1.29. The Morgan fingerprint density at radius 1 is 1.11 bits per heavy atom. The van der Waals surface area contributed by atoms with Crippen LogP contribution in [-0.4, -0.2) is 87.4 Å². The molecular weight excluding hydrogens is 465 g/mol. The molecule has 2 rings (SSSR count). The monoisotopic (exact) mass is 509 g/mol. The smallest absolute Gasteiger partial charge is 0.191 e. The fraction of sp³-hybridized carbons (Fsp3) is 0.952. The molecule has 0 aliphatic carbocycles. The van der Waals surface area contributed by atoms with E-state index < -0.39 is 0 Å². The van der Waals surface area contributed by atoms with Gasteiger partial charge >= 0.3 is 0 Å². The van der Waals surface area contributed by atoms with Crippen molar-refractivity contribution in [1.29, 1.82) is 0 Å². The molecule has 2 N–H and O–H groups in total. The number of hydrogen-bond donors (Lipinski definition) is 2. The molecule has 2 heterocycles. The average molecular weight is 510 g/mol. The molecule has 0 amide bonds. The van der Waals surface area contributed by atoms with Gasteiger partial charge in [0.15, 0.2) is 5.96 Å². The maximum atomic E-state index is 5.50. The van der Waals surface area contributed by atoms with E-state index in [0.717, 1.165) is 51.4 Å². The van der Waals surface area contributed by atoms with Crippen molar-refractivity contribution in [2.24, 2.45) is 10.9 Å². The van der Waals surface area contributed by atoms with Gasteiger partial charge in [-0.1, -0.05) is 20.3 Å². The molecule has 0 aromatic heterocycles. The number of aliphatic imine (C=N–C) groups is 1. The topological polar surface area (TPSA) is 52.1 Å². The van der Waals surface area contributed by atoms with Crippen LogP contribution >= 0.6 is 24.0 Å². The van der Waals surface area contributed by atoms with Crippen molar-refractivity contribution in [3.05, 3.63) is 0 Å². The minimum absolute atomic E-state index is 0. The Hall–Kier alpha value is -0.120. The third-order valence-corrected chi connectivity index (χ3v) is 6.09. The first kappa shape index (κ1) is 25.9. The van der Waals surface area contributed by atoms with Crippen LogP contribution in [0.25, 0.3) is 0 Å². The SMILES string of the molecule is CN=C(NCCCCN1CCCCC1C)NCC(C(C)C)N1CCOCC1.I. The summed E-state index contributed by atoms with van der Waals surface area (Å²) in [5, 5.41) is 7.03. The lowest BCUT2D eigenvalue weighted by Gasteiger charge is -2.37.